The van der Waals surface area contributed by atoms with Gasteiger partial charge in [-0.2, -0.15) is 0 Å². The topological polar surface area (TPSA) is 51.1 Å². The van der Waals surface area contributed by atoms with Crippen molar-refractivity contribution in [2.24, 2.45) is 0 Å². The fraction of sp³-hybridized carbons (Fsp3) is 0.226. The van der Waals surface area contributed by atoms with E-state index < -0.39 is 0 Å². The van der Waals surface area contributed by atoms with Gasteiger partial charge in [-0.3, -0.25) is 9.59 Å². The maximum atomic E-state index is 13.9. The van der Waals surface area contributed by atoms with Crippen molar-refractivity contribution in [1.29, 1.82) is 0 Å². The first-order chi connectivity index (χ1) is 16.8. The van der Waals surface area contributed by atoms with Crippen LogP contribution in [-0.4, -0.2) is 10.5 Å². The summed E-state index contributed by atoms with van der Waals surface area (Å²) in [6.45, 7) is 10.1. The summed E-state index contributed by atoms with van der Waals surface area (Å²) < 4.78 is 2.02. The highest BCUT2D eigenvalue weighted by molar-refractivity contribution is 6.09. The van der Waals surface area contributed by atoms with Crippen molar-refractivity contribution >= 4 is 11.6 Å². The highest BCUT2D eigenvalue weighted by Gasteiger charge is 2.24. The number of aryl methyl sites for hydroxylation is 5. The maximum absolute atomic E-state index is 13.9. The molecule has 0 bridgehead atoms. The largest absolute Gasteiger partial charge is 0.321 e. The van der Waals surface area contributed by atoms with Gasteiger partial charge in [0, 0.05) is 23.1 Å². The number of para-hydroxylation sites is 1. The van der Waals surface area contributed by atoms with Gasteiger partial charge in [0.25, 0.3) is 5.91 Å². The lowest BCUT2D eigenvalue weighted by atomic mass is 9.99. The second kappa shape index (κ2) is 10.1. The molecular formula is C31H32N2O2. The summed E-state index contributed by atoms with van der Waals surface area (Å²) in [6.07, 6.45) is 1.57. The SMILES string of the molecule is CCc1cccc(CC)c1NC(=O)c1c(-c2cccc(C)c2)n(-c2cccc(C)c2)c(C)cc1=O. The third kappa shape index (κ3) is 4.83. The fourth-order valence-corrected chi connectivity index (χ4v) is 4.70. The third-order valence-electron chi connectivity index (χ3n) is 6.42. The lowest BCUT2D eigenvalue weighted by Crippen LogP contribution is -2.27. The summed E-state index contributed by atoms with van der Waals surface area (Å²) in [5, 5.41) is 3.12. The molecule has 0 saturated heterocycles. The molecule has 35 heavy (non-hydrogen) atoms. The normalized spacial score (nSPS) is 10.9. The second-order valence-electron chi connectivity index (χ2n) is 9.03. The van der Waals surface area contributed by atoms with Crippen LogP contribution >= 0.6 is 0 Å². The predicted octanol–water partition coefficient (Wildman–Crippen LogP) is 6.81. The van der Waals surface area contributed by atoms with E-state index in [1.807, 2.05) is 86.0 Å². The number of pyridine rings is 1. The van der Waals surface area contributed by atoms with Gasteiger partial charge in [-0.1, -0.05) is 67.9 Å². The van der Waals surface area contributed by atoms with E-state index in [4.69, 9.17) is 0 Å². The molecule has 1 N–H and O–H groups in total. The first-order valence-corrected chi connectivity index (χ1v) is 12.2. The van der Waals surface area contributed by atoms with Crippen LogP contribution in [0.15, 0.2) is 77.6 Å². The Kier molecular flexibility index (Phi) is 7.02. The van der Waals surface area contributed by atoms with E-state index in [1.54, 1.807) is 6.07 Å². The van der Waals surface area contributed by atoms with Crippen LogP contribution in [0.2, 0.25) is 0 Å². The molecule has 4 heteroatoms. The van der Waals surface area contributed by atoms with Crippen LogP contribution in [0, 0.1) is 20.8 Å². The minimum absolute atomic E-state index is 0.149. The number of carbonyl (C=O) groups is 1. The smallest absolute Gasteiger partial charge is 0.261 e. The van der Waals surface area contributed by atoms with Crippen LogP contribution in [0.3, 0.4) is 0 Å². The summed E-state index contributed by atoms with van der Waals surface area (Å²) in [5.74, 6) is -0.386. The molecule has 4 rings (SSSR count). The maximum Gasteiger partial charge on any atom is 0.261 e. The van der Waals surface area contributed by atoms with Gasteiger partial charge in [-0.15, -0.1) is 0 Å². The number of nitrogens with zero attached hydrogens (tertiary/aromatic N) is 1. The third-order valence-corrected chi connectivity index (χ3v) is 6.42. The van der Waals surface area contributed by atoms with Crippen LogP contribution in [0.25, 0.3) is 16.9 Å². The van der Waals surface area contributed by atoms with Gasteiger partial charge in [0.15, 0.2) is 5.43 Å². The first-order valence-electron chi connectivity index (χ1n) is 12.2. The average Bonchev–Trinajstić information content (AvgIpc) is 2.83. The highest BCUT2D eigenvalue weighted by Crippen LogP contribution is 2.30. The molecule has 4 aromatic rings. The zero-order valence-corrected chi connectivity index (χ0v) is 21.1. The summed E-state index contributed by atoms with van der Waals surface area (Å²) in [6, 6.07) is 23.7. The quantitative estimate of drug-likeness (QED) is 0.341. The molecule has 0 radical (unpaired) electrons. The number of rotatable bonds is 6. The minimum Gasteiger partial charge on any atom is -0.321 e. The molecule has 1 aromatic heterocycles. The molecule has 0 aliphatic rings. The van der Waals surface area contributed by atoms with Crippen molar-refractivity contribution < 1.29 is 4.79 Å². The van der Waals surface area contributed by atoms with E-state index >= 15 is 0 Å². The van der Waals surface area contributed by atoms with Crippen LogP contribution < -0.4 is 10.7 Å². The molecule has 1 amide bonds. The second-order valence-corrected chi connectivity index (χ2v) is 9.03. The van der Waals surface area contributed by atoms with Crippen LogP contribution in [0.5, 0.6) is 0 Å². The molecule has 3 aromatic carbocycles. The van der Waals surface area contributed by atoms with Crippen LogP contribution in [0.4, 0.5) is 5.69 Å². The van der Waals surface area contributed by atoms with Gasteiger partial charge >= 0.3 is 0 Å². The van der Waals surface area contributed by atoms with E-state index in [2.05, 4.69) is 25.2 Å². The average molecular weight is 465 g/mol. The lowest BCUT2D eigenvalue weighted by molar-refractivity contribution is 0.102. The molecule has 0 aliphatic carbocycles. The van der Waals surface area contributed by atoms with E-state index in [-0.39, 0.29) is 16.9 Å². The van der Waals surface area contributed by atoms with Gasteiger partial charge in [0.05, 0.1) is 5.69 Å². The van der Waals surface area contributed by atoms with Crippen molar-refractivity contribution in [3.8, 4) is 16.9 Å². The molecule has 178 valence electrons. The summed E-state index contributed by atoms with van der Waals surface area (Å²) in [7, 11) is 0. The number of hydrogen-bond acceptors (Lipinski definition) is 2. The van der Waals surface area contributed by atoms with Gasteiger partial charge < -0.3 is 9.88 Å². The number of nitrogens with one attached hydrogen (secondary N) is 1. The Morgan fingerprint density at radius 2 is 1.40 bits per heavy atom. The van der Waals surface area contributed by atoms with Crippen molar-refractivity contribution in [1.82, 2.24) is 4.57 Å². The first kappa shape index (κ1) is 24.2. The fourth-order valence-electron chi connectivity index (χ4n) is 4.70. The molecule has 4 nitrogen and oxygen atoms in total. The standard InChI is InChI=1S/C31H32N2O2/c1-6-23-13-10-14-24(7-2)29(23)32-31(35)28-27(34)19-22(5)33(26-16-9-12-21(4)18-26)30(28)25-15-8-11-20(3)17-25/h8-19H,6-7H2,1-5H3,(H,32,35). The Hall–Kier alpha value is -3.92. The Balaban J connectivity index is 2.00. The van der Waals surface area contributed by atoms with E-state index in [1.165, 1.54) is 0 Å². The van der Waals surface area contributed by atoms with Gasteiger partial charge in [-0.05, 0) is 74.1 Å². The Bertz CT molecular complexity index is 1440. The zero-order valence-electron chi connectivity index (χ0n) is 21.1. The highest BCUT2D eigenvalue weighted by atomic mass is 16.2. The molecular weight excluding hydrogens is 432 g/mol. The number of benzene rings is 3. The molecule has 0 aliphatic heterocycles. The van der Waals surface area contributed by atoms with E-state index in [0.717, 1.165) is 57.7 Å². The monoisotopic (exact) mass is 464 g/mol. The molecule has 0 spiro atoms. The van der Waals surface area contributed by atoms with Gasteiger partial charge in [-0.25, -0.2) is 0 Å². The number of carbonyl (C=O) groups excluding carboxylic acids is 1. The molecule has 0 atom stereocenters. The molecule has 1 heterocycles. The van der Waals surface area contributed by atoms with E-state index in [0.29, 0.717) is 5.69 Å². The van der Waals surface area contributed by atoms with Gasteiger partial charge in [0.1, 0.15) is 5.56 Å². The van der Waals surface area contributed by atoms with E-state index in [9.17, 15) is 9.59 Å². The number of amides is 1. The minimum atomic E-state index is -0.386. The molecule has 0 fully saturated rings. The zero-order chi connectivity index (χ0) is 25.1. The van der Waals surface area contributed by atoms with Crippen LogP contribution in [0.1, 0.15) is 52.2 Å². The van der Waals surface area contributed by atoms with Crippen molar-refractivity contribution in [2.75, 3.05) is 5.32 Å². The number of anilines is 1. The van der Waals surface area contributed by atoms with Crippen molar-refractivity contribution in [3.05, 3.63) is 117 Å². The van der Waals surface area contributed by atoms with Crippen molar-refractivity contribution in [2.45, 2.75) is 47.5 Å². The summed E-state index contributed by atoms with van der Waals surface area (Å²) in [4.78, 5) is 27.3. The predicted molar refractivity (Wildman–Crippen MR) is 145 cm³/mol. The number of aromatic nitrogens is 1. The summed E-state index contributed by atoms with van der Waals surface area (Å²) >= 11 is 0. The van der Waals surface area contributed by atoms with Crippen LogP contribution in [-0.2, 0) is 12.8 Å². The number of hydrogen-bond donors (Lipinski definition) is 1. The van der Waals surface area contributed by atoms with Gasteiger partial charge in [0.2, 0.25) is 0 Å². The molecule has 0 unspecified atom stereocenters. The Morgan fingerprint density at radius 3 is 2.00 bits per heavy atom. The Morgan fingerprint density at radius 1 is 0.800 bits per heavy atom. The molecule has 0 saturated carbocycles. The lowest BCUT2D eigenvalue weighted by Gasteiger charge is -2.22. The Labute approximate surface area is 207 Å². The summed E-state index contributed by atoms with van der Waals surface area (Å²) in [5.41, 5.74) is 8.07. The van der Waals surface area contributed by atoms with Crippen molar-refractivity contribution in [3.63, 3.8) is 0 Å².